The van der Waals surface area contributed by atoms with Gasteiger partial charge in [0.25, 0.3) is 0 Å². The Morgan fingerprint density at radius 1 is 1.12 bits per heavy atom. The van der Waals surface area contributed by atoms with E-state index >= 15 is 0 Å². The first-order valence-electron chi connectivity index (χ1n) is 8.05. The Labute approximate surface area is 143 Å². The van der Waals surface area contributed by atoms with Gasteiger partial charge in [-0.3, -0.25) is 4.79 Å². The maximum atomic E-state index is 12.1. The van der Waals surface area contributed by atoms with Gasteiger partial charge in [-0.2, -0.15) is 0 Å². The van der Waals surface area contributed by atoms with Crippen molar-refractivity contribution in [3.05, 3.63) is 59.7 Å². The molecule has 1 N–H and O–H groups in total. The van der Waals surface area contributed by atoms with Crippen molar-refractivity contribution in [1.82, 2.24) is 0 Å². The van der Waals surface area contributed by atoms with Crippen molar-refractivity contribution in [2.24, 2.45) is 0 Å². The van der Waals surface area contributed by atoms with Crippen molar-refractivity contribution in [2.45, 2.75) is 20.3 Å². The number of rotatable bonds is 7. The summed E-state index contributed by atoms with van der Waals surface area (Å²) in [5.41, 5.74) is 2.83. The van der Waals surface area contributed by atoms with E-state index in [9.17, 15) is 4.79 Å². The van der Waals surface area contributed by atoms with Crippen molar-refractivity contribution in [3.63, 3.8) is 0 Å². The third kappa shape index (κ3) is 4.62. The Morgan fingerprint density at radius 2 is 1.92 bits per heavy atom. The first-order chi connectivity index (χ1) is 11.7. The monoisotopic (exact) mass is 325 g/mol. The number of anilines is 1. The van der Waals surface area contributed by atoms with Gasteiger partial charge < -0.3 is 14.8 Å². The molecule has 4 heteroatoms. The lowest BCUT2D eigenvalue weighted by atomic mass is 10.1. The molecule has 0 saturated carbocycles. The van der Waals surface area contributed by atoms with Crippen LogP contribution in [0, 0.1) is 0 Å². The summed E-state index contributed by atoms with van der Waals surface area (Å²) in [6.45, 7) is 4.56. The zero-order chi connectivity index (χ0) is 17.4. The van der Waals surface area contributed by atoms with Crippen molar-refractivity contribution in [1.29, 1.82) is 0 Å². The number of benzene rings is 2. The summed E-state index contributed by atoms with van der Waals surface area (Å²) in [7, 11) is 1.60. The predicted molar refractivity (Wildman–Crippen MR) is 97.6 cm³/mol. The number of nitrogens with one attached hydrogen (secondary N) is 1. The first kappa shape index (κ1) is 17.6. The molecule has 126 valence electrons. The number of aryl methyl sites for hydroxylation is 1. The molecule has 1 amide bonds. The summed E-state index contributed by atoms with van der Waals surface area (Å²) >= 11 is 0. The molecule has 0 saturated heterocycles. The van der Waals surface area contributed by atoms with E-state index in [2.05, 4.69) is 12.2 Å². The van der Waals surface area contributed by atoms with Gasteiger partial charge in [-0.25, -0.2) is 0 Å². The summed E-state index contributed by atoms with van der Waals surface area (Å²) in [5.74, 6) is 1.18. The summed E-state index contributed by atoms with van der Waals surface area (Å²) in [4.78, 5) is 12.1. The number of hydrogen-bond donors (Lipinski definition) is 1. The summed E-state index contributed by atoms with van der Waals surface area (Å²) in [6.07, 6.45) is 4.14. The van der Waals surface area contributed by atoms with Gasteiger partial charge in [0.05, 0.1) is 13.7 Å². The second kappa shape index (κ2) is 8.77. The van der Waals surface area contributed by atoms with Crippen molar-refractivity contribution in [2.75, 3.05) is 19.0 Å². The van der Waals surface area contributed by atoms with E-state index in [0.29, 0.717) is 18.1 Å². The SMILES string of the molecule is CCOc1ccc(/C=C/C(=O)Nc2ccccc2CC)cc1OC. The fraction of sp³-hybridized carbons (Fsp3) is 0.250. The second-order valence-electron chi connectivity index (χ2n) is 5.18. The Kier molecular flexibility index (Phi) is 6.43. The van der Waals surface area contributed by atoms with Crippen LogP contribution in [0.5, 0.6) is 11.5 Å². The van der Waals surface area contributed by atoms with E-state index in [4.69, 9.17) is 9.47 Å². The van der Waals surface area contributed by atoms with Crippen LogP contribution in [0.2, 0.25) is 0 Å². The molecule has 0 aliphatic carbocycles. The lowest BCUT2D eigenvalue weighted by molar-refractivity contribution is -0.111. The van der Waals surface area contributed by atoms with Crippen LogP contribution in [0.3, 0.4) is 0 Å². The predicted octanol–water partition coefficient (Wildman–Crippen LogP) is 4.31. The van der Waals surface area contributed by atoms with E-state index in [0.717, 1.165) is 23.2 Å². The molecular weight excluding hydrogens is 302 g/mol. The second-order valence-corrected chi connectivity index (χ2v) is 5.18. The number of carbonyl (C=O) groups excluding carboxylic acids is 1. The van der Waals surface area contributed by atoms with E-state index in [-0.39, 0.29) is 5.91 Å². The highest BCUT2D eigenvalue weighted by molar-refractivity contribution is 6.02. The highest BCUT2D eigenvalue weighted by atomic mass is 16.5. The number of methoxy groups -OCH3 is 1. The maximum absolute atomic E-state index is 12.1. The van der Waals surface area contributed by atoms with Crippen molar-refractivity contribution < 1.29 is 14.3 Å². The van der Waals surface area contributed by atoms with Gasteiger partial charge in [-0.05, 0) is 48.7 Å². The van der Waals surface area contributed by atoms with Crippen LogP contribution >= 0.6 is 0 Å². The van der Waals surface area contributed by atoms with E-state index in [1.807, 2.05) is 49.4 Å². The Hall–Kier alpha value is -2.75. The molecule has 2 rings (SSSR count). The molecule has 0 aliphatic heterocycles. The van der Waals surface area contributed by atoms with Crippen molar-refractivity contribution >= 4 is 17.7 Å². The Balaban J connectivity index is 2.08. The molecule has 0 heterocycles. The molecule has 0 fully saturated rings. The minimum atomic E-state index is -0.163. The molecule has 0 aromatic heterocycles. The van der Waals surface area contributed by atoms with E-state index < -0.39 is 0 Å². The van der Waals surface area contributed by atoms with Crippen LogP contribution in [0.4, 0.5) is 5.69 Å². The zero-order valence-corrected chi connectivity index (χ0v) is 14.3. The Bertz CT molecular complexity index is 723. The molecule has 0 unspecified atom stereocenters. The molecular formula is C20H23NO3. The quantitative estimate of drug-likeness (QED) is 0.772. The van der Waals surface area contributed by atoms with E-state index in [1.54, 1.807) is 13.2 Å². The van der Waals surface area contributed by atoms with Gasteiger partial charge in [0.1, 0.15) is 0 Å². The number of hydrogen-bond acceptors (Lipinski definition) is 3. The highest BCUT2D eigenvalue weighted by Gasteiger charge is 2.05. The summed E-state index contributed by atoms with van der Waals surface area (Å²) in [5, 5.41) is 2.91. The third-order valence-electron chi connectivity index (χ3n) is 3.57. The first-order valence-corrected chi connectivity index (χ1v) is 8.05. The summed E-state index contributed by atoms with van der Waals surface area (Å²) in [6, 6.07) is 13.4. The van der Waals surface area contributed by atoms with Crippen LogP contribution in [-0.4, -0.2) is 19.6 Å². The average Bonchev–Trinajstić information content (AvgIpc) is 2.61. The van der Waals surface area contributed by atoms with Gasteiger partial charge in [-0.15, -0.1) is 0 Å². The van der Waals surface area contributed by atoms with E-state index in [1.165, 1.54) is 6.08 Å². The molecule has 0 spiro atoms. The molecule has 4 nitrogen and oxygen atoms in total. The largest absolute Gasteiger partial charge is 0.493 e. The summed E-state index contributed by atoms with van der Waals surface area (Å²) < 4.78 is 10.8. The molecule has 0 atom stereocenters. The lowest BCUT2D eigenvalue weighted by Gasteiger charge is -2.09. The van der Waals surface area contributed by atoms with Crippen LogP contribution in [0.25, 0.3) is 6.08 Å². The minimum Gasteiger partial charge on any atom is -0.493 e. The average molecular weight is 325 g/mol. The number of para-hydroxylation sites is 1. The van der Waals surface area contributed by atoms with Gasteiger partial charge in [0.15, 0.2) is 11.5 Å². The Morgan fingerprint density at radius 3 is 2.62 bits per heavy atom. The standard InChI is InChI=1S/C20H23NO3/c1-4-16-8-6-7-9-17(16)21-20(22)13-11-15-10-12-18(24-5-2)19(14-15)23-3/h6-14H,4-5H2,1-3H3,(H,21,22)/b13-11+. The minimum absolute atomic E-state index is 0.163. The van der Waals surface area contributed by atoms with Crippen LogP contribution in [-0.2, 0) is 11.2 Å². The maximum Gasteiger partial charge on any atom is 0.248 e. The molecule has 2 aromatic rings. The zero-order valence-electron chi connectivity index (χ0n) is 14.3. The molecule has 0 bridgehead atoms. The molecule has 24 heavy (non-hydrogen) atoms. The normalized spacial score (nSPS) is 10.6. The van der Waals surface area contributed by atoms with Gasteiger partial charge in [0.2, 0.25) is 5.91 Å². The van der Waals surface area contributed by atoms with Gasteiger partial charge >= 0.3 is 0 Å². The fourth-order valence-electron chi connectivity index (χ4n) is 2.36. The molecule has 0 aliphatic rings. The number of amides is 1. The van der Waals surface area contributed by atoms with Gasteiger partial charge in [-0.1, -0.05) is 31.2 Å². The third-order valence-corrected chi connectivity index (χ3v) is 3.57. The topological polar surface area (TPSA) is 47.6 Å². The fourth-order valence-corrected chi connectivity index (χ4v) is 2.36. The number of ether oxygens (including phenoxy) is 2. The smallest absolute Gasteiger partial charge is 0.248 e. The highest BCUT2D eigenvalue weighted by Crippen LogP contribution is 2.28. The van der Waals surface area contributed by atoms with Gasteiger partial charge in [0, 0.05) is 11.8 Å². The molecule has 2 aromatic carbocycles. The number of carbonyl (C=O) groups is 1. The van der Waals surface area contributed by atoms with Crippen LogP contribution in [0.15, 0.2) is 48.5 Å². The van der Waals surface area contributed by atoms with Crippen LogP contribution in [0.1, 0.15) is 25.0 Å². The van der Waals surface area contributed by atoms with Crippen LogP contribution < -0.4 is 14.8 Å². The van der Waals surface area contributed by atoms with Crippen molar-refractivity contribution in [3.8, 4) is 11.5 Å². The molecule has 0 radical (unpaired) electrons. The lowest BCUT2D eigenvalue weighted by Crippen LogP contribution is -2.09.